The van der Waals surface area contributed by atoms with Crippen molar-refractivity contribution in [2.75, 3.05) is 26.3 Å². The highest BCUT2D eigenvalue weighted by Gasteiger charge is 2.18. The van der Waals surface area contributed by atoms with Gasteiger partial charge in [-0.1, -0.05) is 13.3 Å². The van der Waals surface area contributed by atoms with Gasteiger partial charge in [0.15, 0.2) is 0 Å². The predicted molar refractivity (Wildman–Crippen MR) is 57.5 cm³/mol. The molecular formula is C11H23NO2. The maximum absolute atomic E-state index is 5.80. The van der Waals surface area contributed by atoms with Crippen LogP contribution in [0.1, 0.15) is 33.1 Å². The Kier molecular flexibility index (Phi) is 6.15. The number of hydrogen-bond acceptors (Lipinski definition) is 3. The summed E-state index contributed by atoms with van der Waals surface area (Å²) in [6.07, 6.45) is 4.19. The molecule has 1 rings (SSSR count). The van der Waals surface area contributed by atoms with Gasteiger partial charge in [0, 0.05) is 13.2 Å². The molecule has 0 aromatic carbocycles. The summed E-state index contributed by atoms with van der Waals surface area (Å²) >= 11 is 0. The van der Waals surface area contributed by atoms with Gasteiger partial charge in [-0.2, -0.15) is 0 Å². The number of unbranched alkanes of at least 4 members (excludes halogenated alkanes) is 1. The van der Waals surface area contributed by atoms with Gasteiger partial charge in [-0.25, -0.2) is 0 Å². The Morgan fingerprint density at radius 2 is 2.43 bits per heavy atom. The molecule has 1 heterocycles. The number of hydrogen-bond donors (Lipinski definition) is 1. The standard InChI is InChI=1S/C11H23NO2/c1-3-4-6-12-8-10(2)14-11-5-7-13-9-11/h10-12H,3-9H2,1-2H3. The third kappa shape index (κ3) is 4.94. The number of nitrogens with one attached hydrogen (secondary N) is 1. The molecule has 0 aliphatic carbocycles. The molecular weight excluding hydrogens is 178 g/mol. The molecule has 0 aromatic rings. The first kappa shape index (κ1) is 12.0. The summed E-state index contributed by atoms with van der Waals surface area (Å²) in [5.74, 6) is 0. The Balaban J connectivity index is 1.95. The monoisotopic (exact) mass is 201 g/mol. The van der Waals surface area contributed by atoms with E-state index in [1.165, 1.54) is 12.8 Å². The fourth-order valence-corrected chi connectivity index (χ4v) is 1.60. The summed E-state index contributed by atoms with van der Waals surface area (Å²) in [6.45, 7) is 8.02. The van der Waals surface area contributed by atoms with Gasteiger partial charge in [0.1, 0.15) is 0 Å². The van der Waals surface area contributed by atoms with Crippen LogP contribution in [0, 0.1) is 0 Å². The Morgan fingerprint density at radius 1 is 1.57 bits per heavy atom. The highest BCUT2D eigenvalue weighted by Crippen LogP contribution is 2.10. The number of ether oxygens (including phenoxy) is 2. The van der Waals surface area contributed by atoms with Gasteiger partial charge in [-0.3, -0.25) is 0 Å². The molecule has 0 spiro atoms. The Labute approximate surface area is 87.2 Å². The lowest BCUT2D eigenvalue weighted by molar-refractivity contribution is -0.00546. The second kappa shape index (κ2) is 7.21. The molecule has 0 bridgehead atoms. The van der Waals surface area contributed by atoms with Gasteiger partial charge in [-0.15, -0.1) is 0 Å². The van der Waals surface area contributed by atoms with Crippen LogP contribution >= 0.6 is 0 Å². The van der Waals surface area contributed by atoms with E-state index in [0.717, 1.165) is 32.7 Å². The summed E-state index contributed by atoms with van der Waals surface area (Å²) in [5, 5.41) is 3.39. The van der Waals surface area contributed by atoms with Crippen molar-refractivity contribution in [2.24, 2.45) is 0 Å². The molecule has 14 heavy (non-hydrogen) atoms. The number of rotatable bonds is 7. The van der Waals surface area contributed by atoms with Gasteiger partial charge < -0.3 is 14.8 Å². The highest BCUT2D eigenvalue weighted by atomic mass is 16.5. The fourth-order valence-electron chi connectivity index (χ4n) is 1.60. The molecule has 84 valence electrons. The Hall–Kier alpha value is -0.120. The minimum atomic E-state index is 0.304. The van der Waals surface area contributed by atoms with E-state index in [4.69, 9.17) is 9.47 Å². The SMILES string of the molecule is CCCCNCC(C)OC1CCOC1. The van der Waals surface area contributed by atoms with E-state index < -0.39 is 0 Å². The summed E-state index contributed by atoms with van der Waals surface area (Å²) in [7, 11) is 0. The predicted octanol–water partition coefficient (Wildman–Crippen LogP) is 1.57. The maximum Gasteiger partial charge on any atom is 0.0834 e. The summed E-state index contributed by atoms with van der Waals surface area (Å²) in [4.78, 5) is 0. The van der Waals surface area contributed by atoms with E-state index >= 15 is 0 Å². The Morgan fingerprint density at radius 3 is 3.07 bits per heavy atom. The quantitative estimate of drug-likeness (QED) is 0.634. The molecule has 0 saturated carbocycles. The van der Waals surface area contributed by atoms with Crippen molar-refractivity contribution < 1.29 is 9.47 Å². The van der Waals surface area contributed by atoms with Gasteiger partial charge in [0.05, 0.1) is 18.8 Å². The van der Waals surface area contributed by atoms with Gasteiger partial charge in [0.25, 0.3) is 0 Å². The zero-order valence-electron chi connectivity index (χ0n) is 9.42. The Bertz CT molecular complexity index is 135. The third-order valence-corrected chi connectivity index (χ3v) is 2.45. The van der Waals surface area contributed by atoms with Gasteiger partial charge in [0.2, 0.25) is 0 Å². The second-order valence-electron chi connectivity index (χ2n) is 3.99. The summed E-state index contributed by atoms with van der Waals surface area (Å²) in [5.41, 5.74) is 0. The van der Waals surface area contributed by atoms with Crippen molar-refractivity contribution in [2.45, 2.75) is 45.3 Å². The van der Waals surface area contributed by atoms with Crippen LogP contribution in [-0.2, 0) is 9.47 Å². The van der Waals surface area contributed by atoms with Crippen LogP contribution in [0.2, 0.25) is 0 Å². The normalized spacial score (nSPS) is 24.0. The van der Waals surface area contributed by atoms with Crippen molar-refractivity contribution in [3.05, 3.63) is 0 Å². The largest absolute Gasteiger partial charge is 0.379 e. The van der Waals surface area contributed by atoms with Crippen LogP contribution in [0.5, 0.6) is 0 Å². The molecule has 0 aromatic heterocycles. The van der Waals surface area contributed by atoms with Crippen molar-refractivity contribution in [1.82, 2.24) is 5.32 Å². The minimum Gasteiger partial charge on any atom is -0.379 e. The molecule has 2 atom stereocenters. The van der Waals surface area contributed by atoms with Crippen LogP contribution in [0.15, 0.2) is 0 Å². The summed E-state index contributed by atoms with van der Waals surface area (Å²) < 4.78 is 11.1. The van der Waals surface area contributed by atoms with Gasteiger partial charge in [-0.05, 0) is 26.3 Å². The molecule has 0 amide bonds. The van der Waals surface area contributed by atoms with E-state index in [1.807, 2.05) is 0 Å². The fraction of sp³-hybridized carbons (Fsp3) is 1.00. The van der Waals surface area contributed by atoms with Crippen molar-refractivity contribution >= 4 is 0 Å². The first-order valence-electron chi connectivity index (χ1n) is 5.77. The van der Waals surface area contributed by atoms with Crippen molar-refractivity contribution in [3.63, 3.8) is 0 Å². The first-order chi connectivity index (χ1) is 6.83. The molecule has 1 N–H and O–H groups in total. The second-order valence-corrected chi connectivity index (χ2v) is 3.99. The van der Waals surface area contributed by atoms with Crippen LogP contribution in [-0.4, -0.2) is 38.5 Å². The molecule has 1 aliphatic heterocycles. The molecule has 3 nitrogen and oxygen atoms in total. The van der Waals surface area contributed by atoms with Gasteiger partial charge >= 0.3 is 0 Å². The van der Waals surface area contributed by atoms with Crippen molar-refractivity contribution in [3.8, 4) is 0 Å². The minimum absolute atomic E-state index is 0.304. The van der Waals surface area contributed by atoms with Crippen LogP contribution in [0.25, 0.3) is 0 Å². The average Bonchev–Trinajstić information content (AvgIpc) is 2.65. The molecule has 1 fully saturated rings. The summed E-state index contributed by atoms with van der Waals surface area (Å²) in [6, 6.07) is 0. The lowest BCUT2D eigenvalue weighted by Crippen LogP contribution is -2.31. The first-order valence-corrected chi connectivity index (χ1v) is 5.77. The van der Waals surface area contributed by atoms with E-state index in [-0.39, 0.29) is 0 Å². The van der Waals surface area contributed by atoms with Crippen LogP contribution in [0.3, 0.4) is 0 Å². The van der Waals surface area contributed by atoms with E-state index in [1.54, 1.807) is 0 Å². The third-order valence-electron chi connectivity index (χ3n) is 2.45. The molecule has 2 unspecified atom stereocenters. The van der Waals surface area contributed by atoms with E-state index in [0.29, 0.717) is 12.2 Å². The molecule has 0 radical (unpaired) electrons. The molecule has 1 aliphatic rings. The lowest BCUT2D eigenvalue weighted by atomic mass is 10.3. The smallest absolute Gasteiger partial charge is 0.0834 e. The maximum atomic E-state index is 5.80. The van der Waals surface area contributed by atoms with Crippen LogP contribution in [0.4, 0.5) is 0 Å². The molecule has 1 saturated heterocycles. The average molecular weight is 201 g/mol. The lowest BCUT2D eigenvalue weighted by Gasteiger charge is -2.17. The topological polar surface area (TPSA) is 30.5 Å². The van der Waals surface area contributed by atoms with Crippen molar-refractivity contribution in [1.29, 1.82) is 0 Å². The van der Waals surface area contributed by atoms with E-state index in [9.17, 15) is 0 Å². The zero-order chi connectivity index (χ0) is 10.2. The highest BCUT2D eigenvalue weighted by molar-refractivity contribution is 4.66. The zero-order valence-corrected chi connectivity index (χ0v) is 9.42. The molecule has 3 heteroatoms. The van der Waals surface area contributed by atoms with Crippen LogP contribution < -0.4 is 5.32 Å². The van der Waals surface area contributed by atoms with E-state index in [2.05, 4.69) is 19.2 Å².